The van der Waals surface area contributed by atoms with Crippen LogP contribution in [0.25, 0.3) is 0 Å². The average molecular weight is 393 g/mol. The lowest BCUT2D eigenvalue weighted by atomic mass is 9.79. The van der Waals surface area contributed by atoms with Crippen LogP contribution in [0.15, 0.2) is 33.7 Å². The number of halogens is 1. The molecule has 0 aliphatic carbocycles. The molecule has 2 heterocycles. The summed E-state index contributed by atoms with van der Waals surface area (Å²) in [7, 11) is 1.83. The molecule has 1 unspecified atom stereocenters. The van der Waals surface area contributed by atoms with Crippen LogP contribution in [0.4, 0.5) is 0 Å². The fourth-order valence-corrected chi connectivity index (χ4v) is 4.00. The molecule has 5 nitrogen and oxygen atoms in total. The van der Waals surface area contributed by atoms with Gasteiger partial charge in [0.1, 0.15) is 0 Å². The maximum Gasteiger partial charge on any atom is 0.220 e. The van der Waals surface area contributed by atoms with Gasteiger partial charge in [-0.1, -0.05) is 28.1 Å². The number of likely N-dealkylation sites (tertiary alicyclic amines) is 1. The summed E-state index contributed by atoms with van der Waals surface area (Å²) < 4.78 is 1.10. The van der Waals surface area contributed by atoms with Crippen molar-refractivity contribution in [2.45, 2.75) is 25.7 Å². The number of nitrogens with one attached hydrogen (secondary N) is 2. The monoisotopic (exact) mass is 392 g/mol. The number of carbonyl (C=O) groups excluding carboxylic acids is 1. The van der Waals surface area contributed by atoms with Gasteiger partial charge in [0.05, 0.1) is 0 Å². The van der Waals surface area contributed by atoms with E-state index in [-0.39, 0.29) is 11.3 Å². The van der Waals surface area contributed by atoms with E-state index in [0.717, 1.165) is 55.9 Å². The van der Waals surface area contributed by atoms with Crippen molar-refractivity contribution in [3.05, 3.63) is 34.3 Å². The Bertz CT molecular complexity index is 616. The maximum absolute atomic E-state index is 11.6. The minimum atomic E-state index is 0.0959. The van der Waals surface area contributed by atoms with Crippen molar-refractivity contribution < 1.29 is 4.79 Å². The first-order valence-electron chi connectivity index (χ1n) is 8.57. The SMILES string of the molecule is CN=C(NCCc1ccc(Br)cc1)N1CCCC2(CNC(=O)C2)C1. The van der Waals surface area contributed by atoms with Crippen LogP contribution in [0.1, 0.15) is 24.8 Å². The second kappa shape index (κ2) is 7.55. The van der Waals surface area contributed by atoms with Gasteiger partial charge in [0, 0.05) is 49.5 Å². The van der Waals surface area contributed by atoms with Gasteiger partial charge in [-0.2, -0.15) is 0 Å². The molecule has 2 fully saturated rings. The van der Waals surface area contributed by atoms with E-state index >= 15 is 0 Å². The van der Waals surface area contributed by atoms with Gasteiger partial charge in [-0.3, -0.25) is 9.79 Å². The number of hydrogen-bond donors (Lipinski definition) is 2. The average Bonchev–Trinajstić information content (AvgIpc) is 2.93. The molecule has 1 atom stereocenters. The molecule has 130 valence electrons. The Morgan fingerprint density at radius 1 is 1.42 bits per heavy atom. The molecular formula is C18H25BrN4O. The summed E-state index contributed by atoms with van der Waals surface area (Å²) in [6.45, 7) is 3.57. The number of benzene rings is 1. The minimum absolute atomic E-state index is 0.0959. The summed E-state index contributed by atoms with van der Waals surface area (Å²) in [5, 5.41) is 6.48. The third-order valence-corrected chi connectivity index (χ3v) is 5.51. The van der Waals surface area contributed by atoms with E-state index in [1.807, 2.05) is 7.05 Å². The summed E-state index contributed by atoms with van der Waals surface area (Å²) in [5.41, 5.74) is 1.40. The van der Waals surface area contributed by atoms with E-state index < -0.39 is 0 Å². The highest BCUT2D eigenvalue weighted by Crippen LogP contribution is 2.35. The molecule has 1 amide bonds. The van der Waals surface area contributed by atoms with Crippen LogP contribution in [-0.2, 0) is 11.2 Å². The molecule has 2 aliphatic rings. The molecule has 2 N–H and O–H groups in total. The van der Waals surface area contributed by atoms with Gasteiger partial charge in [0.2, 0.25) is 5.91 Å². The zero-order chi connectivity index (χ0) is 17.0. The number of carbonyl (C=O) groups is 1. The normalized spacial score (nSPS) is 24.3. The van der Waals surface area contributed by atoms with Gasteiger partial charge in [-0.05, 0) is 37.0 Å². The topological polar surface area (TPSA) is 56.7 Å². The molecule has 0 saturated carbocycles. The van der Waals surface area contributed by atoms with Crippen LogP contribution in [0, 0.1) is 5.41 Å². The second-order valence-corrected chi connectivity index (χ2v) is 7.74. The van der Waals surface area contributed by atoms with E-state index in [2.05, 4.69) is 60.7 Å². The number of guanidine groups is 1. The number of rotatable bonds is 3. The fourth-order valence-electron chi connectivity index (χ4n) is 3.73. The first-order valence-corrected chi connectivity index (χ1v) is 9.36. The van der Waals surface area contributed by atoms with Crippen LogP contribution in [0.5, 0.6) is 0 Å². The number of piperidine rings is 1. The molecule has 2 aliphatic heterocycles. The highest BCUT2D eigenvalue weighted by molar-refractivity contribution is 9.10. The van der Waals surface area contributed by atoms with Crippen molar-refractivity contribution in [3.63, 3.8) is 0 Å². The van der Waals surface area contributed by atoms with Crippen LogP contribution in [0.3, 0.4) is 0 Å². The highest BCUT2D eigenvalue weighted by atomic mass is 79.9. The molecule has 3 rings (SSSR count). The van der Waals surface area contributed by atoms with Crippen molar-refractivity contribution in [2.75, 3.05) is 33.2 Å². The van der Waals surface area contributed by atoms with Crippen molar-refractivity contribution in [2.24, 2.45) is 10.4 Å². The summed E-state index contributed by atoms with van der Waals surface area (Å²) in [5.74, 6) is 1.14. The quantitative estimate of drug-likeness (QED) is 0.612. The highest BCUT2D eigenvalue weighted by Gasteiger charge is 2.42. The zero-order valence-electron chi connectivity index (χ0n) is 14.1. The van der Waals surface area contributed by atoms with Gasteiger partial charge in [-0.15, -0.1) is 0 Å². The van der Waals surface area contributed by atoms with Crippen LogP contribution < -0.4 is 10.6 Å². The van der Waals surface area contributed by atoms with Crippen molar-refractivity contribution in [1.82, 2.24) is 15.5 Å². The number of amides is 1. The van der Waals surface area contributed by atoms with Crippen LogP contribution in [-0.4, -0.2) is 50.0 Å². The molecule has 0 radical (unpaired) electrons. The molecule has 6 heteroatoms. The Labute approximate surface area is 152 Å². The number of nitrogens with zero attached hydrogens (tertiary/aromatic N) is 2. The lowest BCUT2D eigenvalue weighted by molar-refractivity contribution is -0.119. The Balaban J connectivity index is 1.54. The third kappa shape index (κ3) is 4.09. The molecule has 2 saturated heterocycles. The fraction of sp³-hybridized carbons (Fsp3) is 0.556. The van der Waals surface area contributed by atoms with E-state index in [9.17, 15) is 4.79 Å². The summed E-state index contributed by atoms with van der Waals surface area (Å²) in [6.07, 6.45) is 3.85. The summed E-state index contributed by atoms with van der Waals surface area (Å²) in [6, 6.07) is 8.42. The standard InChI is InChI=1S/C18H25BrN4O/c1-20-17(21-9-7-14-3-5-15(19)6-4-14)23-10-2-8-18(13-23)11-16(24)22-12-18/h3-6H,2,7-13H2,1H3,(H,20,21)(H,22,24). The van der Waals surface area contributed by atoms with Crippen molar-refractivity contribution in [3.8, 4) is 0 Å². The largest absolute Gasteiger partial charge is 0.356 e. The molecule has 0 bridgehead atoms. The predicted molar refractivity (Wildman–Crippen MR) is 100 cm³/mol. The van der Waals surface area contributed by atoms with E-state index in [0.29, 0.717) is 6.42 Å². The Kier molecular flexibility index (Phi) is 5.43. The lowest BCUT2D eigenvalue weighted by Gasteiger charge is -2.40. The minimum Gasteiger partial charge on any atom is -0.356 e. The first-order chi connectivity index (χ1) is 11.6. The first kappa shape index (κ1) is 17.3. The van der Waals surface area contributed by atoms with Crippen molar-refractivity contribution >= 4 is 27.8 Å². The molecule has 0 aromatic heterocycles. The molecule has 24 heavy (non-hydrogen) atoms. The second-order valence-electron chi connectivity index (χ2n) is 6.83. The zero-order valence-corrected chi connectivity index (χ0v) is 15.7. The molecule has 1 aromatic carbocycles. The Morgan fingerprint density at radius 2 is 2.21 bits per heavy atom. The van der Waals surface area contributed by atoms with Crippen LogP contribution in [0.2, 0.25) is 0 Å². The third-order valence-electron chi connectivity index (χ3n) is 4.98. The Hall–Kier alpha value is -1.56. The number of hydrogen-bond acceptors (Lipinski definition) is 2. The van der Waals surface area contributed by atoms with Gasteiger partial charge >= 0.3 is 0 Å². The lowest BCUT2D eigenvalue weighted by Crippen LogP contribution is -2.51. The van der Waals surface area contributed by atoms with Gasteiger partial charge < -0.3 is 15.5 Å². The van der Waals surface area contributed by atoms with Crippen molar-refractivity contribution in [1.29, 1.82) is 0 Å². The molecule has 1 spiro atoms. The van der Waals surface area contributed by atoms with Gasteiger partial charge in [-0.25, -0.2) is 0 Å². The predicted octanol–water partition coefficient (Wildman–Crippen LogP) is 2.17. The summed E-state index contributed by atoms with van der Waals surface area (Å²) in [4.78, 5) is 18.4. The van der Waals surface area contributed by atoms with E-state index in [1.54, 1.807) is 0 Å². The van der Waals surface area contributed by atoms with Gasteiger partial charge in [0.15, 0.2) is 5.96 Å². The Morgan fingerprint density at radius 3 is 2.88 bits per heavy atom. The molecule has 1 aromatic rings. The van der Waals surface area contributed by atoms with E-state index in [1.165, 1.54) is 5.56 Å². The smallest absolute Gasteiger partial charge is 0.220 e. The van der Waals surface area contributed by atoms with E-state index in [4.69, 9.17) is 0 Å². The molecular weight excluding hydrogens is 368 g/mol. The summed E-state index contributed by atoms with van der Waals surface area (Å²) >= 11 is 3.46. The van der Waals surface area contributed by atoms with Crippen LogP contribution >= 0.6 is 15.9 Å². The van der Waals surface area contributed by atoms with Gasteiger partial charge in [0.25, 0.3) is 0 Å². The number of aliphatic imine (C=N–C) groups is 1. The maximum atomic E-state index is 11.6.